The SMILES string of the molecule is CN(C)C(CNCc1ccc(C#N)s1)c1ccccc1. The summed E-state index contributed by atoms with van der Waals surface area (Å²) >= 11 is 1.55. The van der Waals surface area contributed by atoms with E-state index in [1.165, 1.54) is 10.4 Å². The molecule has 0 amide bonds. The first kappa shape index (κ1) is 14.7. The Kier molecular flexibility index (Phi) is 5.31. The molecular weight excluding hydrogens is 266 g/mol. The van der Waals surface area contributed by atoms with Crippen molar-refractivity contribution < 1.29 is 0 Å². The number of likely N-dealkylation sites (N-methyl/N-ethyl adjacent to an activating group) is 1. The molecule has 1 unspecified atom stereocenters. The predicted molar refractivity (Wildman–Crippen MR) is 83.6 cm³/mol. The standard InChI is InChI=1S/C16H19N3S/c1-19(2)16(13-6-4-3-5-7-13)12-18-11-15-9-8-14(10-17)20-15/h3-9,16,18H,11-12H2,1-2H3. The molecule has 0 aliphatic rings. The van der Waals surface area contributed by atoms with Gasteiger partial charge in [0.25, 0.3) is 0 Å². The Labute approximate surface area is 124 Å². The number of rotatable bonds is 6. The fraction of sp³-hybridized carbons (Fsp3) is 0.312. The molecule has 0 radical (unpaired) electrons. The molecule has 1 aromatic heterocycles. The van der Waals surface area contributed by atoms with E-state index in [1.54, 1.807) is 11.3 Å². The van der Waals surface area contributed by atoms with Gasteiger partial charge in [-0.25, -0.2) is 0 Å². The predicted octanol–water partition coefficient (Wildman–Crippen LogP) is 3.01. The van der Waals surface area contributed by atoms with Crippen molar-refractivity contribution in [2.24, 2.45) is 0 Å². The molecule has 1 heterocycles. The smallest absolute Gasteiger partial charge is 0.110 e. The molecule has 0 bridgehead atoms. The van der Waals surface area contributed by atoms with Gasteiger partial charge in [-0.05, 0) is 31.8 Å². The van der Waals surface area contributed by atoms with Crippen LogP contribution in [0.1, 0.15) is 21.4 Å². The number of benzene rings is 1. The molecule has 1 N–H and O–H groups in total. The zero-order chi connectivity index (χ0) is 14.4. The van der Waals surface area contributed by atoms with E-state index in [4.69, 9.17) is 5.26 Å². The van der Waals surface area contributed by atoms with Gasteiger partial charge in [0.15, 0.2) is 0 Å². The lowest BCUT2D eigenvalue weighted by atomic mass is 10.1. The molecule has 2 rings (SSSR count). The van der Waals surface area contributed by atoms with Crippen LogP contribution in [0.4, 0.5) is 0 Å². The lowest BCUT2D eigenvalue weighted by molar-refractivity contribution is 0.288. The van der Waals surface area contributed by atoms with Gasteiger partial charge in [-0.1, -0.05) is 30.3 Å². The molecule has 0 saturated heterocycles. The van der Waals surface area contributed by atoms with Gasteiger partial charge in [0.1, 0.15) is 10.9 Å². The number of hydrogen-bond donors (Lipinski definition) is 1. The minimum absolute atomic E-state index is 0.353. The fourth-order valence-electron chi connectivity index (χ4n) is 2.14. The summed E-state index contributed by atoms with van der Waals surface area (Å²) < 4.78 is 0. The van der Waals surface area contributed by atoms with Gasteiger partial charge in [0.2, 0.25) is 0 Å². The van der Waals surface area contributed by atoms with Gasteiger partial charge in [0.05, 0.1) is 0 Å². The fourth-order valence-corrected chi connectivity index (χ4v) is 2.91. The highest BCUT2D eigenvalue weighted by Crippen LogP contribution is 2.18. The highest BCUT2D eigenvalue weighted by molar-refractivity contribution is 7.12. The zero-order valence-electron chi connectivity index (χ0n) is 11.8. The summed E-state index contributed by atoms with van der Waals surface area (Å²) in [6.07, 6.45) is 0. The molecule has 2 aromatic rings. The zero-order valence-corrected chi connectivity index (χ0v) is 12.7. The number of nitriles is 1. The lowest BCUT2D eigenvalue weighted by Gasteiger charge is -2.25. The minimum atomic E-state index is 0.353. The number of nitrogens with one attached hydrogen (secondary N) is 1. The maximum atomic E-state index is 8.82. The van der Waals surface area contributed by atoms with Gasteiger partial charge in [-0.15, -0.1) is 11.3 Å². The average molecular weight is 285 g/mol. The summed E-state index contributed by atoms with van der Waals surface area (Å²) in [6.45, 7) is 1.69. The van der Waals surface area contributed by atoms with Crippen LogP contribution in [0.25, 0.3) is 0 Å². The van der Waals surface area contributed by atoms with E-state index in [2.05, 4.69) is 54.6 Å². The van der Waals surface area contributed by atoms with Gasteiger partial charge in [-0.2, -0.15) is 5.26 Å². The van der Waals surface area contributed by atoms with Crippen molar-refractivity contribution in [3.8, 4) is 6.07 Å². The topological polar surface area (TPSA) is 39.1 Å². The normalized spacial score (nSPS) is 12.3. The van der Waals surface area contributed by atoms with Crippen LogP contribution in [0.5, 0.6) is 0 Å². The number of nitrogens with zero attached hydrogens (tertiary/aromatic N) is 2. The molecule has 104 valence electrons. The molecular formula is C16H19N3S. The Morgan fingerprint density at radius 2 is 1.95 bits per heavy atom. The number of thiophene rings is 1. The van der Waals surface area contributed by atoms with E-state index < -0.39 is 0 Å². The van der Waals surface area contributed by atoms with Gasteiger partial charge < -0.3 is 10.2 Å². The maximum Gasteiger partial charge on any atom is 0.110 e. The highest BCUT2D eigenvalue weighted by atomic mass is 32.1. The maximum absolute atomic E-state index is 8.82. The van der Waals surface area contributed by atoms with Crippen LogP contribution in [0, 0.1) is 11.3 Å². The van der Waals surface area contributed by atoms with Crippen molar-refractivity contribution in [3.63, 3.8) is 0 Å². The lowest BCUT2D eigenvalue weighted by Crippen LogP contribution is -2.30. The highest BCUT2D eigenvalue weighted by Gasteiger charge is 2.13. The van der Waals surface area contributed by atoms with Gasteiger partial charge >= 0.3 is 0 Å². The Balaban J connectivity index is 1.92. The van der Waals surface area contributed by atoms with Crippen molar-refractivity contribution >= 4 is 11.3 Å². The molecule has 3 nitrogen and oxygen atoms in total. The first-order chi connectivity index (χ1) is 9.70. The van der Waals surface area contributed by atoms with Crippen LogP contribution >= 0.6 is 11.3 Å². The summed E-state index contributed by atoms with van der Waals surface area (Å²) in [4.78, 5) is 4.19. The van der Waals surface area contributed by atoms with Gasteiger partial charge in [-0.3, -0.25) is 0 Å². The van der Waals surface area contributed by atoms with E-state index in [0.29, 0.717) is 6.04 Å². The van der Waals surface area contributed by atoms with Crippen LogP contribution in [-0.4, -0.2) is 25.5 Å². The Bertz CT molecular complexity index is 569. The third-order valence-electron chi connectivity index (χ3n) is 3.22. The number of hydrogen-bond acceptors (Lipinski definition) is 4. The Hall–Kier alpha value is -1.67. The van der Waals surface area contributed by atoms with E-state index >= 15 is 0 Å². The Morgan fingerprint density at radius 3 is 2.55 bits per heavy atom. The van der Waals surface area contributed by atoms with Crippen LogP contribution < -0.4 is 5.32 Å². The molecule has 4 heteroatoms. The quantitative estimate of drug-likeness (QED) is 0.886. The van der Waals surface area contributed by atoms with E-state index in [-0.39, 0.29) is 0 Å². The van der Waals surface area contributed by atoms with Crippen molar-refractivity contribution in [1.82, 2.24) is 10.2 Å². The second-order valence-electron chi connectivity index (χ2n) is 4.90. The van der Waals surface area contributed by atoms with E-state index in [1.807, 2.05) is 18.2 Å². The van der Waals surface area contributed by atoms with E-state index in [0.717, 1.165) is 18.0 Å². The van der Waals surface area contributed by atoms with Crippen molar-refractivity contribution in [2.75, 3.05) is 20.6 Å². The summed E-state index contributed by atoms with van der Waals surface area (Å²) in [5, 5.41) is 12.3. The monoisotopic (exact) mass is 285 g/mol. The Morgan fingerprint density at radius 1 is 1.20 bits per heavy atom. The molecule has 0 saturated carbocycles. The van der Waals surface area contributed by atoms with Crippen LogP contribution in [0.3, 0.4) is 0 Å². The molecule has 0 spiro atoms. The third-order valence-corrected chi connectivity index (χ3v) is 4.21. The van der Waals surface area contributed by atoms with Crippen LogP contribution in [-0.2, 0) is 6.54 Å². The summed E-state index contributed by atoms with van der Waals surface area (Å²) in [5.74, 6) is 0. The molecule has 1 atom stereocenters. The second kappa shape index (κ2) is 7.20. The second-order valence-corrected chi connectivity index (χ2v) is 6.07. The van der Waals surface area contributed by atoms with Crippen molar-refractivity contribution in [3.05, 3.63) is 57.8 Å². The molecule has 20 heavy (non-hydrogen) atoms. The summed E-state index contributed by atoms with van der Waals surface area (Å²) in [5.41, 5.74) is 1.31. The van der Waals surface area contributed by atoms with Crippen molar-refractivity contribution in [2.45, 2.75) is 12.6 Å². The van der Waals surface area contributed by atoms with Crippen molar-refractivity contribution in [1.29, 1.82) is 5.26 Å². The largest absolute Gasteiger partial charge is 0.310 e. The minimum Gasteiger partial charge on any atom is -0.310 e. The molecule has 0 aliphatic heterocycles. The molecule has 0 fully saturated rings. The van der Waals surface area contributed by atoms with Crippen LogP contribution in [0.15, 0.2) is 42.5 Å². The first-order valence-electron chi connectivity index (χ1n) is 6.61. The van der Waals surface area contributed by atoms with Crippen LogP contribution in [0.2, 0.25) is 0 Å². The van der Waals surface area contributed by atoms with Gasteiger partial charge in [0, 0.05) is 24.0 Å². The summed E-state index contributed by atoms with van der Waals surface area (Å²) in [7, 11) is 4.19. The average Bonchev–Trinajstić information content (AvgIpc) is 2.92. The summed E-state index contributed by atoms with van der Waals surface area (Å²) in [6, 6.07) is 16.9. The van der Waals surface area contributed by atoms with E-state index in [9.17, 15) is 0 Å². The molecule has 1 aromatic carbocycles. The molecule has 0 aliphatic carbocycles. The third kappa shape index (κ3) is 3.91. The first-order valence-corrected chi connectivity index (χ1v) is 7.43.